The van der Waals surface area contributed by atoms with E-state index in [2.05, 4.69) is 78.6 Å². The predicted octanol–water partition coefficient (Wildman–Crippen LogP) is 6.56. The lowest BCUT2D eigenvalue weighted by Gasteiger charge is -2.35. The van der Waals surface area contributed by atoms with Gasteiger partial charge in [0.25, 0.3) is 0 Å². The van der Waals surface area contributed by atoms with E-state index in [0.717, 1.165) is 34.7 Å². The van der Waals surface area contributed by atoms with Crippen LogP contribution in [0.5, 0.6) is 11.5 Å². The standard InChI is InChI=1S/C23H19NO/c1-16-10-13-18(14-11-16)24-20-8-4-5-9-22(20)25-23-19-7-3-2-6-17(19)12-15-21(23)24/h2-10,12-16H,11H2,1H3. The Morgan fingerprint density at radius 3 is 2.64 bits per heavy atom. The van der Waals surface area contributed by atoms with Crippen molar-refractivity contribution in [3.05, 3.63) is 84.6 Å². The van der Waals surface area contributed by atoms with E-state index in [1.807, 2.05) is 12.1 Å². The largest absolute Gasteiger partial charge is 0.452 e. The van der Waals surface area contributed by atoms with Gasteiger partial charge in [0, 0.05) is 11.1 Å². The fourth-order valence-electron chi connectivity index (χ4n) is 3.64. The highest BCUT2D eigenvalue weighted by atomic mass is 16.5. The third-order valence-corrected chi connectivity index (χ3v) is 4.97. The first-order valence-corrected chi connectivity index (χ1v) is 8.78. The molecule has 25 heavy (non-hydrogen) atoms. The number of hydrogen-bond acceptors (Lipinski definition) is 2. The summed E-state index contributed by atoms with van der Waals surface area (Å²) in [7, 11) is 0. The van der Waals surface area contributed by atoms with Crippen LogP contribution < -0.4 is 9.64 Å². The van der Waals surface area contributed by atoms with Crippen LogP contribution in [0.4, 0.5) is 11.4 Å². The Morgan fingerprint density at radius 2 is 1.76 bits per heavy atom. The molecule has 3 aromatic carbocycles. The van der Waals surface area contributed by atoms with Gasteiger partial charge in [-0.3, -0.25) is 0 Å². The maximum absolute atomic E-state index is 6.34. The second-order valence-corrected chi connectivity index (χ2v) is 6.74. The van der Waals surface area contributed by atoms with Crippen molar-refractivity contribution in [2.75, 3.05) is 4.90 Å². The fraction of sp³-hybridized carbons (Fsp3) is 0.130. The summed E-state index contributed by atoms with van der Waals surface area (Å²) in [6, 6.07) is 21.0. The molecule has 0 N–H and O–H groups in total. The average molecular weight is 325 g/mol. The van der Waals surface area contributed by atoms with E-state index in [1.165, 1.54) is 11.1 Å². The van der Waals surface area contributed by atoms with Crippen LogP contribution in [0.2, 0.25) is 0 Å². The van der Waals surface area contributed by atoms with Crippen LogP contribution in [0.3, 0.4) is 0 Å². The number of rotatable bonds is 1. The van der Waals surface area contributed by atoms with Crippen molar-refractivity contribution >= 4 is 22.1 Å². The summed E-state index contributed by atoms with van der Waals surface area (Å²) in [6.45, 7) is 2.25. The van der Waals surface area contributed by atoms with Crippen molar-refractivity contribution < 1.29 is 4.74 Å². The minimum atomic E-state index is 0.594. The number of anilines is 2. The first-order chi connectivity index (χ1) is 12.3. The highest BCUT2D eigenvalue weighted by Gasteiger charge is 2.28. The topological polar surface area (TPSA) is 12.5 Å². The molecule has 0 saturated carbocycles. The Balaban J connectivity index is 1.76. The summed E-state index contributed by atoms with van der Waals surface area (Å²) in [6.07, 6.45) is 7.91. The monoisotopic (exact) mass is 325 g/mol. The van der Waals surface area contributed by atoms with Gasteiger partial charge in [0.1, 0.15) is 0 Å². The summed E-state index contributed by atoms with van der Waals surface area (Å²) < 4.78 is 6.34. The summed E-state index contributed by atoms with van der Waals surface area (Å²) >= 11 is 0. The third-order valence-electron chi connectivity index (χ3n) is 4.97. The summed E-state index contributed by atoms with van der Waals surface area (Å²) in [5, 5.41) is 2.34. The molecule has 3 aromatic rings. The van der Waals surface area contributed by atoms with Crippen LogP contribution in [0, 0.1) is 5.92 Å². The lowest BCUT2D eigenvalue weighted by Crippen LogP contribution is -2.21. The normalized spacial score (nSPS) is 18.4. The van der Waals surface area contributed by atoms with Gasteiger partial charge in [0.2, 0.25) is 0 Å². The molecule has 0 fully saturated rings. The number of allylic oxidation sites excluding steroid dienone is 3. The number of fused-ring (bicyclic) bond motifs is 4. The smallest absolute Gasteiger partial charge is 0.159 e. The Morgan fingerprint density at radius 1 is 0.920 bits per heavy atom. The summed E-state index contributed by atoms with van der Waals surface area (Å²) in [4.78, 5) is 2.32. The molecule has 0 bridgehead atoms. The molecule has 2 nitrogen and oxygen atoms in total. The number of nitrogens with zero attached hydrogens (tertiary/aromatic N) is 1. The molecule has 5 rings (SSSR count). The molecule has 0 spiro atoms. The van der Waals surface area contributed by atoms with Gasteiger partial charge >= 0.3 is 0 Å². The van der Waals surface area contributed by atoms with E-state index in [4.69, 9.17) is 4.74 Å². The first kappa shape index (κ1) is 14.4. The summed E-state index contributed by atoms with van der Waals surface area (Å²) in [5.41, 5.74) is 3.41. The summed E-state index contributed by atoms with van der Waals surface area (Å²) in [5.74, 6) is 2.43. The second kappa shape index (κ2) is 5.52. The van der Waals surface area contributed by atoms with Crippen LogP contribution >= 0.6 is 0 Å². The van der Waals surface area contributed by atoms with E-state index in [0.29, 0.717) is 5.92 Å². The van der Waals surface area contributed by atoms with Gasteiger partial charge in [-0.1, -0.05) is 61.5 Å². The molecule has 0 aromatic heterocycles. The molecule has 1 heterocycles. The Kier molecular flexibility index (Phi) is 3.17. The van der Waals surface area contributed by atoms with E-state index >= 15 is 0 Å². The Bertz CT molecular complexity index is 1030. The lowest BCUT2D eigenvalue weighted by atomic mass is 9.99. The molecule has 0 radical (unpaired) electrons. The van der Waals surface area contributed by atoms with Gasteiger partial charge < -0.3 is 9.64 Å². The second-order valence-electron chi connectivity index (χ2n) is 6.74. The van der Waals surface area contributed by atoms with Gasteiger partial charge in [-0.25, -0.2) is 0 Å². The molecule has 1 atom stereocenters. The minimum Gasteiger partial charge on any atom is -0.452 e. The third kappa shape index (κ3) is 2.25. The SMILES string of the molecule is CC1C=CC(N2c3ccccc3Oc3c2ccc2ccccc32)=CC1. The fourth-order valence-corrected chi connectivity index (χ4v) is 3.64. The van der Waals surface area contributed by atoms with Crippen LogP contribution in [0.15, 0.2) is 84.6 Å². The van der Waals surface area contributed by atoms with E-state index in [1.54, 1.807) is 0 Å². The van der Waals surface area contributed by atoms with Crippen LogP contribution in [-0.4, -0.2) is 0 Å². The molecule has 0 amide bonds. The lowest BCUT2D eigenvalue weighted by molar-refractivity contribution is 0.481. The minimum absolute atomic E-state index is 0.594. The van der Waals surface area contributed by atoms with E-state index in [9.17, 15) is 0 Å². The van der Waals surface area contributed by atoms with E-state index in [-0.39, 0.29) is 0 Å². The number of hydrogen-bond donors (Lipinski definition) is 0. The molecule has 2 aliphatic rings. The van der Waals surface area contributed by atoms with Gasteiger partial charge in [-0.15, -0.1) is 0 Å². The van der Waals surface area contributed by atoms with Gasteiger partial charge in [0.05, 0.1) is 11.4 Å². The highest BCUT2D eigenvalue weighted by molar-refractivity contribution is 5.98. The number of benzene rings is 3. The molecular weight excluding hydrogens is 306 g/mol. The zero-order chi connectivity index (χ0) is 16.8. The van der Waals surface area contributed by atoms with Gasteiger partial charge in [-0.05, 0) is 42.0 Å². The molecule has 1 aliphatic heterocycles. The molecular formula is C23H19NO. The van der Waals surface area contributed by atoms with Crippen molar-refractivity contribution in [1.82, 2.24) is 0 Å². The van der Waals surface area contributed by atoms with Crippen LogP contribution in [0.1, 0.15) is 13.3 Å². The van der Waals surface area contributed by atoms with E-state index < -0.39 is 0 Å². The van der Waals surface area contributed by atoms with Gasteiger partial charge in [0.15, 0.2) is 11.5 Å². The zero-order valence-corrected chi connectivity index (χ0v) is 14.1. The average Bonchev–Trinajstić information content (AvgIpc) is 2.67. The highest BCUT2D eigenvalue weighted by Crippen LogP contribution is 2.51. The molecule has 0 saturated heterocycles. The Labute approximate surface area is 147 Å². The van der Waals surface area contributed by atoms with Crippen molar-refractivity contribution in [3.8, 4) is 11.5 Å². The number of ether oxygens (including phenoxy) is 1. The van der Waals surface area contributed by atoms with Gasteiger partial charge in [-0.2, -0.15) is 0 Å². The molecule has 1 unspecified atom stereocenters. The Hall–Kier alpha value is -3.00. The van der Waals surface area contributed by atoms with Crippen molar-refractivity contribution in [1.29, 1.82) is 0 Å². The first-order valence-electron chi connectivity index (χ1n) is 8.78. The maximum Gasteiger partial charge on any atom is 0.159 e. The maximum atomic E-state index is 6.34. The van der Waals surface area contributed by atoms with Crippen LogP contribution in [-0.2, 0) is 0 Å². The zero-order valence-electron chi connectivity index (χ0n) is 14.1. The number of para-hydroxylation sites is 2. The van der Waals surface area contributed by atoms with Crippen molar-refractivity contribution in [2.24, 2.45) is 5.92 Å². The molecule has 1 aliphatic carbocycles. The molecule has 2 heteroatoms. The quantitative estimate of drug-likeness (QED) is 0.502. The van der Waals surface area contributed by atoms with Crippen molar-refractivity contribution in [3.63, 3.8) is 0 Å². The molecule has 122 valence electrons. The van der Waals surface area contributed by atoms with Crippen LogP contribution in [0.25, 0.3) is 10.8 Å². The van der Waals surface area contributed by atoms with Crippen molar-refractivity contribution in [2.45, 2.75) is 13.3 Å². The predicted molar refractivity (Wildman–Crippen MR) is 104 cm³/mol.